The van der Waals surface area contributed by atoms with Gasteiger partial charge >= 0.3 is 0 Å². The number of nitrogens with zero attached hydrogens (tertiary/aromatic N) is 2. The van der Waals surface area contributed by atoms with E-state index >= 15 is 0 Å². The van der Waals surface area contributed by atoms with Gasteiger partial charge in [0.1, 0.15) is 5.75 Å². The molecule has 1 heterocycles. The van der Waals surface area contributed by atoms with Gasteiger partial charge in [-0.3, -0.25) is 9.69 Å². The van der Waals surface area contributed by atoms with Crippen LogP contribution in [0.4, 0.5) is 5.13 Å². The Kier molecular flexibility index (Phi) is 5.77. The van der Waals surface area contributed by atoms with Crippen molar-refractivity contribution in [2.24, 2.45) is 0 Å². The third kappa shape index (κ3) is 4.28. The van der Waals surface area contributed by atoms with E-state index in [2.05, 4.69) is 14.1 Å². The summed E-state index contributed by atoms with van der Waals surface area (Å²) in [5.41, 5.74) is 3.75. The molecule has 0 aliphatic rings. The molecule has 0 fully saturated rings. The zero-order chi connectivity index (χ0) is 19.6. The second-order valence-corrected chi connectivity index (χ2v) is 8.07. The van der Waals surface area contributed by atoms with Crippen molar-refractivity contribution in [3.05, 3.63) is 53.1 Å². The number of benzene rings is 2. The van der Waals surface area contributed by atoms with Gasteiger partial charge in [0, 0.05) is 5.56 Å². The van der Waals surface area contributed by atoms with Crippen LogP contribution in [0.2, 0.25) is 0 Å². The van der Waals surface area contributed by atoms with E-state index in [0.717, 1.165) is 44.3 Å². The predicted octanol–water partition coefficient (Wildman–Crippen LogP) is 2.71. The van der Waals surface area contributed by atoms with Gasteiger partial charge in [0.15, 0.2) is 5.13 Å². The number of carbonyl (C=O) groups excluding carboxylic acids is 1. The fraction of sp³-hybridized carbons (Fsp3) is 0.333. The van der Waals surface area contributed by atoms with E-state index < -0.39 is 0 Å². The van der Waals surface area contributed by atoms with Crippen LogP contribution in [0.3, 0.4) is 0 Å². The van der Waals surface area contributed by atoms with Gasteiger partial charge in [-0.25, -0.2) is 4.98 Å². The van der Waals surface area contributed by atoms with Crippen LogP contribution in [0, 0.1) is 13.8 Å². The number of aryl methyl sites for hydroxylation is 2. The van der Waals surface area contributed by atoms with E-state index in [1.807, 2.05) is 55.1 Å². The molecule has 0 saturated heterocycles. The van der Waals surface area contributed by atoms with E-state index in [1.54, 1.807) is 7.11 Å². The Labute approximate surface area is 164 Å². The third-order valence-corrected chi connectivity index (χ3v) is 5.55. The van der Waals surface area contributed by atoms with Crippen LogP contribution >= 0.6 is 11.3 Å². The van der Waals surface area contributed by atoms with Crippen molar-refractivity contribution in [2.45, 2.75) is 13.8 Å². The Morgan fingerprint density at radius 3 is 2.63 bits per heavy atom. The minimum atomic E-state index is -0.000212. The van der Waals surface area contributed by atoms with Gasteiger partial charge in [0.25, 0.3) is 5.91 Å². The van der Waals surface area contributed by atoms with Crippen molar-refractivity contribution in [3.63, 3.8) is 0 Å². The van der Waals surface area contributed by atoms with Crippen LogP contribution in [0.15, 0.2) is 36.4 Å². The lowest BCUT2D eigenvalue weighted by atomic mass is 10.0. The zero-order valence-corrected chi connectivity index (χ0v) is 17.3. The van der Waals surface area contributed by atoms with Gasteiger partial charge in [-0.15, -0.1) is 0 Å². The molecule has 0 unspecified atom stereocenters. The number of rotatable bonds is 6. The highest BCUT2D eigenvalue weighted by molar-refractivity contribution is 7.22. The molecule has 5 nitrogen and oxygen atoms in total. The Morgan fingerprint density at radius 2 is 1.96 bits per heavy atom. The summed E-state index contributed by atoms with van der Waals surface area (Å²) in [5.74, 6) is 0.794. The Bertz CT molecular complexity index is 965. The van der Waals surface area contributed by atoms with Gasteiger partial charge in [-0.2, -0.15) is 0 Å². The van der Waals surface area contributed by atoms with E-state index in [4.69, 9.17) is 9.72 Å². The van der Waals surface area contributed by atoms with Crippen LogP contribution < -0.4 is 14.5 Å². The molecule has 0 atom stereocenters. The van der Waals surface area contributed by atoms with Crippen LogP contribution in [0.1, 0.15) is 21.5 Å². The highest BCUT2D eigenvalue weighted by Gasteiger charge is 2.23. The number of thiazole rings is 1. The highest BCUT2D eigenvalue weighted by Crippen LogP contribution is 2.32. The van der Waals surface area contributed by atoms with Crippen LogP contribution in [-0.4, -0.2) is 45.2 Å². The maximum Gasteiger partial charge on any atom is 0.260 e. The number of carbonyl (C=O) groups is 1. The first-order valence-corrected chi connectivity index (χ1v) is 9.83. The molecule has 0 radical (unpaired) electrons. The number of nitrogens with one attached hydrogen (secondary N) is 1. The summed E-state index contributed by atoms with van der Waals surface area (Å²) in [6.45, 7) is 5.48. The number of hydrogen-bond donors (Lipinski definition) is 1. The molecule has 27 heavy (non-hydrogen) atoms. The second-order valence-electron chi connectivity index (χ2n) is 7.06. The van der Waals surface area contributed by atoms with Gasteiger partial charge in [-0.05, 0) is 43.7 Å². The van der Waals surface area contributed by atoms with Crippen molar-refractivity contribution in [1.29, 1.82) is 0 Å². The van der Waals surface area contributed by atoms with Gasteiger partial charge in [-0.1, -0.05) is 29.0 Å². The Morgan fingerprint density at radius 1 is 1.19 bits per heavy atom. The SMILES string of the molecule is COc1ccc2nc(N(CC[NH+](C)C)C(=O)c3ccc(C)cc3C)sc2c1. The van der Waals surface area contributed by atoms with Crippen LogP contribution in [0.5, 0.6) is 5.75 Å². The Balaban J connectivity index is 2.01. The molecule has 0 saturated carbocycles. The zero-order valence-electron chi connectivity index (χ0n) is 16.5. The number of ether oxygens (including phenoxy) is 1. The summed E-state index contributed by atoms with van der Waals surface area (Å²) in [6, 6.07) is 11.7. The summed E-state index contributed by atoms with van der Waals surface area (Å²) < 4.78 is 6.32. The number of likely N-dealkylation sites (N-methyl/N-ethyl adjacent to an activating group) is 1. The molecule has 0 aliphatic carbocycles. The van der Waals surface area contributed by atoms with E-state index in [0.29, 0.717) is 6.54 Å². The van der Waals surface area contributed by atoms with Crippen LogP contribution in [0.25, 0.3) is 10.2 Å². The molecule has 2 aromatic carbocycles. The molecular weight excluding hydrogens is 358 g/mol. The molecule has 3 rings (SSSR count). The van der Waals surface area contributed by atoms with E-state index in [9.17, 15) is 4.79 Å². The summed E-state index contributed by atoms with van der Waals surface area (Å²) >= 11 is 1.52. The molecule has 0 spiro atoms. The lowest BCUT2D eigenvalue weighted by molar-refractivity contribution is -0.856. The first-order chi connectivity index (χ1) is 12.9. The minimum absolute atomic E-state index is 0.000212. The fourth-order valence-electron chi connectivity index (χ4n) is 2.95. The topological polar surface area (TPSA) is 46.9 Å². The molecule has 1 amide bonds. The molecule has 3 aromatic rings. The van der Waals surface area contributed by atoms with Crippen molar-refractivity contribution < 1.29 is 14.4 Å². The molecule has 0 bridgehead atoms. The average molecular weight is 385 g/mol. The van der Waals surface area contributed by atoms with Gasteiger partial charge in [0.2, 0.25) is 0 Å². The minimum Gasteiger partial charge on any atom is -0.497 e. The second kappa shape index (κ2) is 8.06. The van der Waals surface area contributed by atoms with Crippen LogP contribution in [-0.2, 0) is 0 Å². The predicted molar refractivity (Wildman–Crippen MR) is 111 cm³/mol. The lowest BCUT2D eigenvalue weighted by Gasteiger charge is -2.21. The number of quaternary nitrogens is 1. The molecular formula is C21H26N3O2S+. The number of fused-ring (bicyclic) bond motifs is 1. The molecule has 6 heteroatoms. The number of anilines is 1. The Hall–Kier alpha value is -2.44. The van der Waals surface area contributed by atoms with E-state index in [1.165, 1.54) is 16.2 Å². The first kappa shape index (κ1) is 19.3. The number of aromatic nitrogens is 1. The smallest absolute Gasteiger partial charge is 0.260 e. The largest absolute Gasteiger partial charge is 0.497 e. The third-order valence-electron chi connectivity index (χ3n) is 4.51. The molecule has 1 aromatic heterocycles. The monoisotopic (exact) mass is 384 g/mol. The number of amides is 1. The summed E-state index contributed by atoms with van der Waals surface area (Å²) in [4.78, 5) is 21.2. The number of hydrogen-bond acceptors (Lipinski definition) is 4. The van der Waals surface area contributed by atoms with Crippen molar-refractivity contribution in [2.75, 3.05) is 39.2 Å². The summed E-state index contributed by atoms with van der Waals surface area (Å²) in [5, 5.41) is 0.726. The fourth-order valence-corrected chi connectivity index (χ4v) is 3.97. The van der Waals surface area contributed by atoms with Gasteiger partial charge < -0.3 is 9.64 Å². The normalized spacial score (nSPS) is 11.2. The van der Waals surface area contributed by atoms with Crippen molar-refractivity contribution >= 4 is 32.6 Å². The first-order valence-electron chi connectivity index (χ1n) is 9.02. The van der Waals surface area contributed by atoms with E-state index in [-0.39, 0.29) is 5.91 Å². The molecule has 1 N–H and O–H groups in total. The van der Waals surface area contributed by atoms with Gasteiger partial charge in [0.05, 0.1) is 44.5 Å². The lowest BCUT2D eigenvalue weighted by Crippen LogP contribution is -3.06. The summed E-state index contributed by atoms with van der Waals surface area (Å²) in [7, 11) is 5.82. The standard InChI is InChI=1S/C21H25N3O2S/c1-14-6-8-17(15(2)12-14)20(25)24(11-10-23(3)4)21-22-18-9-7-16(26-5)13-19(18)27-21/h6-9,12-13H,10-11H2,1-5H3/p+1. The van der Waals surface area contributed by atoms with Crippen molar-refractivity contribution in [3.8, 4) is 5.75 Å². The highest BCUT2D eigenvalue weighted by atomic mass is 32.1. The maximum absolute atomic E-state index is 13.3. The number of methoxy groups -OCH3 is 1. The van der Waals surface area contributed by atoms with Crippen molar-refractivity contribution in [1.82, 2.24) is 4.98 Å². The summed E-state index contributed by atoms with van der Waals surface area (Å²) in [6.07, 6.45) is 0. The average Bonchev–Trinajstić information content (AvgIpc) is 3.04. The molecule has 0 aliphatic heterocycles. The molecule has 142 valence electrons. The maximum atomic E-state index is 13.3. The quantitative estimate of drug-likeness (QED) is 0.711.